The van der Waals surface area contributed by atoms with Gasteiger partial charge in [0.2, 0.25) is 0 Å². The van der Waals surface area contributed by atoms with E-state index >= 15 is 0 Å². The molecule has 17 heavy (non-hydrogen) atoms. The van der Waals surface area contributed by atoms with E-state index in [0.717, 1.165) is 0 Å². The minimum atomic E-state index is -0.841. The molecule has 94 valence electrons. The van der Waals surface area contributed by atoms with Crippen molar-refractivity contribution in [1.29, 1.82) is 0 Å². The third-order valence-corrected chi connectivity index (χ3v) is 3.79. The maximum absolute atomic E-state index is 12.0. The lowest BCUT2D eigenvalue weighted by molar-refractivity contribution is -0.136. The summed E-state index contributed by atoms with van der Waals surface area (Å²) in [5.41, 5.74) is -0.269. The molecule has 1 unspecified atom stereocenters. The van der Waals surface area contributed by atoms with Gasteiger partial charge in [-0.25, -0.2) is 4.98 Å². The Bertz CT molecular complexity index is 422. The second-order valence-electron chi connectivity index (χ2n) is 3.74. The number of methoxy groups -OCH3 is 1. The van der Waals surface area contributed by atoms with Gasteiger partial charge in [0.05, 0.1) is 16.4 Å². The van der Waals surface area contributed by atoms with Crippen molar-refractivity contribution < 1.29 is 9.53 Å². The van der Waals surface area contributed by atoms with Gasteiger partial charge in [-0.3, -0.25) is 4.79 Å². The first-order valence-corrected chi connectivity index (χ1v) is 6.27. The van der Waals surface area contributed by atoms with E-state index in [-0.39, 0.29) is 5.91 Å². The number of carbonyl (C=O) groups is 1. The van der Waals surface area contributed by atoms with Gasteiger partial charge in [0, 0.05) is 7.11 Å². The fraction of sp³-hybridized carbons (Fsp3) is 0.455. The van der Waals surface area contributed by atoms with Crippen LogP contribution in [0.3, 0.4) is 0 Å². The van der Waals surface area contributed by atoms with Crippen LogP contribution in [0.25, 0.3) is 0 Å². The van der Waals surface area contributed by atoms with Crippen LogP contribution in [0.2, 0.25) is 5.15 Å². The second kappa shape index (κ2) is 5.80. The van der Waals surface area contributed by atoms with Gasteiger partial charge in [-0.15, -0.1) is 0 Å². The van der Waals surface area contributed by atoms with Gasteiger partial charge in [-0.1, -0.05) is 18.5 Å². The fourth-order valence-electron chi connectivity index (χ4n) is 1.15. The Morgan fingerprint density at radius 1 is 1.71 bits per heavy atom. The molecule has 0 radical (unpaired) electrons. The SMILES string of the molecule is CCC(C)(OC)C(=O)Nc1cnc(Cl)c(Br)c1. The molecule has 1 rings (SSSR count). The summed E-state index contributed by atoms with van der Waals surface area (Å²) in [7, 11) is 1.51. The molecule has 0 spiro atoms. The van der Waals surface area contributed by atoms with Crippen LogP contribution in [-0.4, -0.2) is 23.6 Å². The molecule has 0 saturated heterocycles. The highest BCUT2D eigenvalue weighted by molar-refractivity contribution is 9.10. The van der Waals surface area contributed by atoms with Gasteiger partial charge in [0.1, 0.15) is 10.8 Å². The molecule has 0 aromatic carbocycles. The molecule has 0 aliphatic carbocycles. The number of rotatable bonds is 4. The molecule has 0 fully saturated rings. The number of carbonyl (C=O) groups excluding carboxylic acids is 1. The topological polar surface area (TPSA) is 51.2 Å². The van der Waals surface area contributed by atoms with Gasteiger partial charge < -0.3 is 10.1 Å². The van der Waals surface area contributed by atoms with Gasteiger partial charge in [-0.05, 0) is 35.3 Å². The average Bonchev–Trinajstić information content (AvgIpc) is 2.32. The molecule has 0 aliphatic rings. The van der Waals surface area contributed by atoms with Crippen LogP contribution in [0.4, 0.5) is 5.69 Å². The standard InChI is InChI=1S/C11H14BrClN2O2/c1-4-11(2,17-3)10(16)15-7-5-8(12)9(13)14-6-7/h5-6H,4H2,1-3H3,(H,15,16). The molecule has 4 nitrogen and oxygen atoms in total. The second-order valence-corrected chi connectivity index (χ2v) is 4.95. The van der Waals surface area contributed by atoms with Crippen molar-refractivity contribution in [2.45, 2.75) is 25.9 Å². The van der Waals surface area contributed by atoms with Crippen LogP contribution in [0, 0.1) is 0 Å². The molecule has 0 saturated carbocycles. The van der Waals surface area contributed by atoms with Crippen LogP contribution >= 0.6 is 27.5 Å². The van der Waals surface area contributed by atoms with Crippen molar-refractivity contribution >= 4 is 39.1 Å². The zero-order valence-corrected chi connectivity index (χ0v) is 12.2. The largest absolute Gasteiger partial charge is 0.369 e. The molecule has 0 bridgehead atoms. The summed E-state index contributed by atoms with van der Waals surface area (Å²) in [6.07, 6.45) is 2.08. The van der Waals surface area contributed by atoms with Crippen molar-refractivity contribution in [3.8, 4) is 0 Å². The van der Waals surface area contributed by atoms with E-state index in [4.69, 9.17) is 16.3 Å². The summed E-state index contributed by atoms with van der Waals surface area (Å²) < 4.78 is 5.84. The zero-order valence-electron chi connectivity index (χ0n) is 9.88. The highest BCUT2D eigenvalue weighted by atomic mass is 79.9. The van der Waals surface area contributed by atoms with Crippen LogP contribution in [0.1, 0.15) is 20.3 Å². The highest BCUT2D eigenvalue weighted by Crippen LogP contribution is 2.24. The lowest BCUT2D eigenvalue weighted by Crippen LogP contribution is -2.41. The van der Waals surface area contributed by atoms with Gasteiger partial charge in [-0.2, -0.15) is 0 Å². The maximum Gasteiger partial charge on any atom is 0.256 e. The molecule has 1 heterocycles. The summed E-state index contributed by atoms with van der Waals surface area (Å²) in [5, 5.41) is 3.09. The smallest absolute Gasteiger partial charge is 0.256 e. The number of halogens is 2. The third kappa shape index (κ3) is 3.40. The quantitative estimate of drug-likeness (QED) is 0.866. The van der Waals surface area contributed by atoms with Gasteiger partial charge in [0.15, 0.2) is 0 Å². The third-order valence-electron chi connectivity index (χ3n) is 2.66. The van der Waals surface area contributed by atoms with Crippen molar-refractivity contribution in [1.82, 2.24) is 4.98 Å². The van der Waals surface area contributed by atoms with Gasteiger partial charge >= 0.3 is 0 Å². The van der Waals surface area contributed by atoms with E-state index in [1.54, 1.807) is 13.0 Å². The molecule has 1 aromatic rings. The van der Waals surface area contributed by atoms with E-state index in [0.29, 0.717) is 21.7 Å². The van der Waals surface area contributed by atoms with Crippen LogP contribution < -0.4 is 5.32 Å². The van der Waals surface area contributed by atoms with E-state index in [1.165, 1.54) is 13.3 Å². The number of pyridine rings is 1. The number of nitrogens with zero attached hydrogens (tertiary/aromatic N) is 1. The number of anilines is 1. The first kappa shape index (κ1) is 14.4. The zero-order chi connectivity index (χ0) is 13.1. The molecule has 1 atom stereocenters. The summed E-state index contributed by atoms with van der Waals surface area (Å²) in [6.45, 7) is 3.62. The summed E-state index contributed by atoms with van der Waals surface area (Å²) in [6, 6.07) is 1.69. The fourth-order valence-corrected chi connectivity index (χ4v) is 1.60. The van der Waals surface area contributed by atoms with Gasteiger partial charge in [0.25, 0.3) is 5.91 Å². The Kier molecular flexibility index (Phi) is 4.91. The predicted octanol–water partition coefficient (Wildman–Crippen LogP) is 3.25. The molecule has 0 aliphatic heterocycles. The minimum Gasteiger partial charge on any atom is -0.369 e. The van der Waals surface area contributed by atoms with E-state index in [2.05, 4.69) is 26.2 Å². The molecule has 1 amide bonds. The van der Waals surface area contributed by atoms with Crippen LogP contribution in [-0.2, 0) is 9.53 Å². The molecule has 1 N–H and O–H groups in total. The van der Waals surface area contributed by atoms with E-state index in [9.17, 15) is 4.79 Å². The number of hydrogen-bond donors (Lipinski definition) is 1. The van der Waals surface area contributed by atoms with Crippen molar-refractivity contribution in [2.24, 2.45) is 0 Å². The van der Waals surface area contributed by atoms with Crippen molar-refractivity contribution in [3.63, 3.8) is 0 Å². The number of nitrogens with one attached hydrogen (secondary N) is 1. The van der Waals surface area contributed by atoms with E-state index in [1.807, 2.05) is 6.92 Å². The summed E-state index contributed by atoms with van der Waals surface area (Å²) in [4.78, 5) is 15.9. The number of aromatic nitrogens is 1. The Morgan fingerprint density at radius 2 is 2.35 bits per heavy atom. The minimum absolute atomic E-state index is 0.210. The molecule has 1 aromatic heterocycles. The van der Waals surface area contributed by atoms with Crippen molar-refractivity contribution in [2.75, 3.05) is 12.4 Å². The predicted molar refractivity (Wildman–Crippen MR) is 71.3 cm³/mol. The average molecular weight is 322 g/mol. The van der Waals surface area contributed by atoms with E-state index < -0.39 is 5.60 Å². The first-order valence-electron chi connectivity index (χ1n) is 5.10. The maximum atomic E-state index is 12.0. The number of ether oxygens (including phenoxy) is 1. The lowest BCUT2D eigenvalue weighted by atomic mass is 10.0. The Labute approximate surface area is 114 Å². The number of hydrogen-bond acceptors (Lipinski definition) is 3. The number of amides is 1. The Morgan fingerprint density at radius 3 is 2.82 bits per heavy atom. The summed E-state index contributed by atoms with van der Waals surface area (Å²) >= 11 is 9.01. The highest BCUT2D eigenvalue weighted by Gasteiger charge is 2.31. The summed E-state index contributed by atoms with van der Waals surface area (Å²) in [5.74, 6) is -0.210. The van der Waals surface area contributed by atoms with Crippen molar-refractivity contribution in [3.05, 3.63) is 21.9 Å². The van der Waals surface area contributed by atoms with Crippen LogP contribution in [0.5, 0.6) is 0 Å². The lowest BCUT2D eigenvalue weighted by Gasteiger charge is -2.25. The Hall–Kier alpha value is -0.650. The molecular weight excluding hydrogens is 307 g/mol. The monoisotopic (exact) mass is 320 g/mol. The first-order chi connectivity index (χ1) is 7.92. The normalized spacial score (nSPS) is 14.2. The Balaban J connectivity index is 2.84. The molecular formula is C11H14BrClN2O2. The molecule has 6 heteroatoms. The van der Waals surface area contributed by atoms with Crippen LogP contribution in [0.15, 0.2) is 16.7 Å².